The minimum atomic E-state index is 0.222. The van der Waals surface area contributed by atoms with Gasteiger partial charge >= 0.3 is 0 Å². The first-order chi connectivity index (χ1) is 9.67. The molecule has 0 aliphatic carbocycles. The molecule has 2 rings (SSSR count). The first-order valence-corrected chi connectivity index (χ1v) is 8.42. The predicted octanol–water partition coefficient (Wildman–Crippen LogP) is 4.27. The van der Waals surface area contributed by atoms with E-state index in [1.54, 1.807) is 11.8 Å². The molecule has 5 heteroatoms. The van der Waals surface area contributed by atoms with E-state index in [9.17, 15) is 0 Å². The summed E-state index contributed by atoms with van der Waals surface area (Å²) in [4.78, 5) is 1.16. The Hall–Kier alpha value is -0.520. The number of nitrogens with two attached hydrogens (primary N) is 1. The van der Waals surface area contributed by atoms with Gasteiger partial charge in [-0.3, -0.25) is 11.3 Å². The summed E-state index contributed by atoms with van der Waals surface area (Å²) in [5.74, 6) is 6.54. The summed E-state index contributed by atoms with van der Waals surface area (Å²) in [7, 11) is 0. The molecular formula is C15H16BrClN2S. The predicted molar refractivity (Wildman–Crippen MR) is 91.1 cm³/mol. The largest absolute Gasteiger partial charge is 0.271 e. The van der Waals surface area contributed by atoms with Crippen LogP contribution in [-0.4, -0.2) is 11.8 Å². The topological polar surface area (TPSA) is 38.0 Å². The molecule has 2 aromatic carbocycles. The van der Waals surface area contributed by atoms with E-state index in [0.29, 0.717) is 0 Å². The Morgan fingerprint density at radius 3 is 2.60 bits per heavy atom. The van der Waals surface area contributed by atoms with E-state index in [2.05, 4.69) is 39.6 Å². The Kier molecular flexibility index (Phi) is 6.39. The van der Waals surface area contributed by atoms with Crippen LogP contribution in [0.25, 0.3) is 0 Å². The summed E-state index contributed by atoms with van der Waals surface area (Å²) < 4.78 is 1.09. The van der Waals surface area contributed by atoms with E-state index in [1.807, 2.05) is 30.3 Å². The maximum atomic E-state index is 5.98. The molecule has 0 bridgehead atoms. The van der Waals surface area contributed by atoms with Gasteiger partial charge in [-0.05, 0) is 42.3 Å². The van der Waals surface area contributed by atoms with Crippen LogP contribution in [0.15, 0.2) is 57.9 Å². The van der Waals surface area contributed by atoms with Crippen molar-refractivity contribution in [3.63, 3.8) is 0 Å². The zero-order valence-electron chi connectivity index (χ0n) is 10.9. The summed E-state index contributed by atoms with van der Waals surface area (Å²) in [6, 6.07) is 16.4. The van der Waals surface area contributed by atoms with Gasteiger partial charge in [-0.1, -0.05) is 45.7 Å². The number of hydrazine groups is 1. The number of hydrogen-bond acceptors (Lipinski definition) is 3. The summed E-state index contributed by atoms with van der Waals surface area (Å²) in [6.07, 6.45) is 0.900. The molecule has 0 aliphatic heterocycles. The molecule has 0 aliphatic rings. The minimum absolute atomic E-state index is 0.222. The maximum absolute atomic E-state index is 5.98. The lowest BCUT2D eigenvalue weighted by atomic mass is 10.1. The highest BCUT2D eigenvalue weighted by Gasteiger charge is 2.09. The van der Waals surface area contributed by atoms with Crippen LogP contribution in [0.5, 0.6) is 0 Å². The molecule has 0 saturated heterocycles. The lowest BCUT2D eigenvalue weighted by Crippen LogP contribution is -2.38. The minimum Gasteiger partial charge on any atom is -0.271 e. The molecule has 1 unspecified atom stereocenters. The van der Waals surface area contributed by atoms with Gasteiger partial charge < -0.3 is 0 Å². The lowest BCUT2D eigenvalue weighted by Gasteiger charge is -2.15. The molecule has 20 heavy (non-hydrogen) atoms. The van der Waals surface area contributed by atoms with Gasteiger partial charge in [0.05, 0.1) is 0 Å². The van der Waals surface area contributed by atoms with E-state index in [4.69, 9.17) is 17.4 Å². The van der Waals surface area contributed by atoms with Crippen LogP contribution in [0.1, 0.15) is 5.56 Å². The third kappa shape index (κ3) is 5.11. The molecule has 0 fully saturated rings. The van der Waals surface area contributed by atoms with E-state index in [-0.39, 0.29) is 6.04 Å². The summed E-state index contributed by atoms with van der Waals surface area (Å²) in [5, 5.41) is 0.764. The fourth-order valence-corrected chi connectivity index (χ4v) is 3.34. The van der Waals surface area contributed by atoms with Crippen LogP contribution >= 0.6 is 39.3 Å². The zero-order chi connectivity index (χ0) is 14.4. The van der Waals surface area contributed by atoms with Crippen LogP contribution in [0, 0.1) is 0 Å². The van der Waals surface area contributed by atoms with Gasteiger partial charge in [0.2, 0.25) is 0 Å². The highest BCUT2D eigenvalue weighted by molar-refractivity contribution is 9.10. The third-order valence-electron chi connectivity index (χ3n) is 2.88. The number of rotatable bonds is 6. The van der Waals surface area contributed by atoms with E-state index in [1.165, 1.54) is 5.56 Å². The highest BCUT2D eigenvalue weighted by Crippen LogP contribution is 2.23. The Labute approximate surface area is 137 Å². The van der Waals surface area contributed by atoms with Gasteiger partial charge in [0.15, 0.2) is 0 Å². The molecule has 106 valence electrons. The smallest absolute Gasteiger partial charge is 0.0417 e. The zero-order valence-corrected chi connectivity index (χ0v) is 14.0. The van der Waals surface area contributed by atoms with Crippen molar-refractivity contribution < 1.29 is 0 Å². The second kappa shape index (κ2) is 8.05. The molecular weight excluding hydrogens is 356 g/mol. The Morgan fingerprint density at radius 2 is 1.95 bits per heavy atom. The molecule has 0 radical (unpaired) electrons. The van der Waals surface area contributed by atoms with Crippen LogP contribution in [0.4, 0.5) is 0 Å². The quantitative estimate of drug-likeness (QED) is 0.452. The first kappa shape index (κ1) is 15.9. The Bertz CT molecular complexity index is 548. The SMILES string of the molecule is NNC(CSc1cccc(Cl)c1)Cc1ccc(Br)cc1. The molecule has 1 atom stereocenters. The van der Waals surface area contributed by atoms with Crippen molar-refractivity contribution in [2.75, 3.05) is 5.75 Å². The molecule has 2 aromatic rings. The average molecular weight is 372 g/mol. The monoisotopic (exact) mass is 370 g/mol. The van der Waals surface area contributed by atoms with Gasteiger partial charge in [0.1, 0.15) is 0 Å². The van der Waals surface area contributed by atoms with E-state index >= 15 is 0 Å². The fraction of sp³-hybridized carbons (Fsp3) is 0.200. The second-order valence-electron chi connectivity index (χ2n) is 4.46. The number of hydrogen-bond donors (Lipinski definition) is 2. The fourth-order valence-electron chi connectivity index (χ4n) is 1.82. The van der Waals surface area contributed by atoms with Crippen LogP contribution in [0.3, 0.4) is 0 Å². The van der Waals surface area contributed by atoms with Crippen molar-refractivity contribution in [3.8, 4) is 0 Å². The molecule has 0 saturated carbocycles. The van der Waals surface area contributed by atoms with Crippen LogP contribution in [-0.2, 0) is 6.42 Å². The van der Waals surface area contributed by atoms with Crippen molar-refractivity contribution in [1.29, 1.82) is 0 Å². The van der Waals surface area contributed by atoms with Crippen molar-refractivity contribution in [2.45, 2.75) is 17.4 Å². The van der Waals surface area contributed by atoms with Gasteiger partial charge in [0.25, 0.3) is 0 Å². The number of halogens is 2. The average Bonchev–Trinajstić information content (AvgIpc) is 2.45. The normalized spacial score (nSPS) is 12.3. The first-order valence-electron chi connectivity index (χ1n) is 6.26. The number of nitrogens with one attached hydrogen (secondary N) is 1. The van der Waals surface area contributed by atoms with Gasteiger partial charge in [-0.25, -0.2) is 0 Å². The van der Waals surface area contributed by atoms with Crippen molar-refractivity contribution in [3.05, 3.63) is 63.6 Å². The maximum Gasteiger partial charge on any atom is 0.0417 e. The van der Waals surface area contributed by atoms with E-state index in [0.717, 1.165) is 26.6 Å². The molecule has 2 nitrogen and oxygen atoms in total. The van der Waals surface area contributed by atoms with Crippen molar-refractivity contribution in [1.82, 2.24) is 5.43 Å². The highest BCUT2D eigenvalue weighted by atomic mass is 79.9. The third-order valence-corrected chi connectivity index (χ3v) is 4.80. The van der Waals surface area contributed by atoms with Gasteiger partial charge in [-0.15, -0.1) is 11.8 Å². The Morgan fingerprint density at radius 1 is 1.20 bits per heavy atom. The van der Waals surface area contributed by atoms with Gasteiger partial charge in [-0.2, -0.15) is 0 Å². The van der Waals surface area contributed by atoms with Gasteiger partial charge in [0, 0.05) is 26.2 Å². The standard InChI is InChI=1S/C15H16BrClN2S/c16-12-6-4-11(5-7-12)8-14(19-18)10-20-15-3-1-2-13(17)9-15/h1-7,9,14,19H,8,10,18H2. The van der Waals surface area contributed by atoms with Crippen LogP contribution < -0.4 is 11.3 Å². The molecule has 0 amide bonds. The summed E-state index contributed by atoms with van der Waals surface area (Å²) in [6.45, 7) is 0. The van der Waals surface area contributed by atoms with Crippen LogP contribution in [0.2, 0.25) is 5.02 Å². The molecule has 3 N–H and O–H groups in total. The second-order valence-corrected chi connectivity index (χ2v) is 6.91. The Balaban J connectivity index is 1.90. The molecule has 0 heterocycles. The molecule has 0 spiro atoms. The molecule has 0 aromatic heterocycles. The van der Waals surface area contributed by atoms with E-state index < -0.39 is 0 Å². The lowest BCUT2D eigenvalue weighted by molar-refractivity contribution is 0.575. The summed E-state index contributed by atoms with van der Waals surface area (Å²) in [5.41, 5.74) is 4.15. The number of thioether (sulfide) groups is 1. The van der Waals surface area contributed by atoms with Crippen molar-refractivity contribution in [2.24, 2.45) is 5.84 Å². The summed E-state index contributed by atoms with van der Waals surface area (Å²) >= 11 is 11.2. The number of benzene rings is 2. The van der Waals surface area contributed by atoms with Crippen molar-refractivity contribution >= 4 is 39.3 Å².